The van der Waals surface area contributed by atoms with Gasteiger partial charge in [-0.3, -0.25) is 14.4 Å². The highest BCUT2D eigenvalue weighted by Gasteiger charge is 2.37. The molecular formula is C19H34N4O5. The minimum absolute atomic E-state index is 0.0459. The summed E-state index contributed by atoms with van der Waals surface area (Å²) >= 11 is 0. The van der Waals surface area contributed by atoms with E-state index in [4.69, 9.17) is 5.73 Å². The van der Waals surface area contributed by atoms with Crippen molar-refractivity contribution in [1.82, 2.24) is 15.5 Å². The van der Waals surface area contributed by atoms with Crippen LogP contribution in [0.2, 0.25) is 0 Å². The number of nitrogens with two attached hydrogens (primary N) is 1. The van der Waals surface area contributed by atoms with Gasteiger partial charge in [-0.15, -0.1) is 0 Å². The molecular weight excluding hydrogens is 364 g/mol. The van der Waals surface area contributed by atoms with Crippen molar-refractivity contribution in [2.24, 2.45) is 17.6 Å². The number of amides is 3. The second-order valence-corrected chi connectivity index (χ2v) is 8.22. The molecule has 1 saturated heterocycles. The van der Waals surface area contributed by atoms with Crippen molar-refractivity contribution in [2.45, 2.75) is 78.0 Å². The first kappa shape index (κ1) is 23.9. The summed E-state index contributed by atoms with van der Waals surface area (Å²) in [5.74, 6) is -2.34. The van der Waals surface area contributed by atoms with Crippen molar-refractivity contribution in [1.29, 1.82) is 0 Å². The van der Waals surface area contributed by atoms with Crippen LogP contribution in [0.3, 0.4) is 0 Å². The minimum atomic E-state index is -1.11. The Morgan fingerprint density at radius 1 is 1.11 bits per heavy atom. The van der Waals surface area contributed by atoms with Crippen LogP contribution >= 0.6 is 0 Å². The predicted octanol–water partition coefficient (Wildman–Crippen LogP) is 0.0809. The summed E-state index contributed by atoms with van der Waals surface area (Å²) in [6, 6.07) is -3.28. The monoisotopic (exact) mass is 398 g/mol. The van der Waals surface area contributed by atoms with Crippen LogP contribution in [0.1, 0.15) is 53.9 Å². The Morgan fingerprint density at radius 3 is 2.21 bits per heavy atom. The van der Waals surface area contributed by atoms with Gasteiger partial charge in [-0.25, -0.2) is 4.79 Å². The fourth-order valence-corrected chi connectivity index (χ4v) is 3.14. The number of carboxylic acids is 1. The quantitative estimate of drug-likeness (QED) is 0.433. The minimum Gasteiger partial charge on any atom is -0.480 e. The molecule has 28 heavy (non-hydrogen) atoms. The molecule has 160 valence electrons. The molecule has 1 rings (SSSR count). The van der Waals surface area contributed by atoms with Gasteiger partial charge in [0, 0.05) is 6.54 Å². The third-order valence-corrected chi connectivity index (χ3v) is 4.92. The number of aliphatic carboxylic acids is 1. The third-order valence-electron chi connectivity index (χ3n) is 4.92. The Morgan fingerprint density at radius 2 is 1.71 bits per heavy atom. The molecule has 0 aromatic rings. The highest BCUT2D eigenvalue weighted by atomic mass is 16.4. The SMILES string of the molecule is CC(C)CC(NC(=O)C(C)NC(=O)C1CCCN1C(=O)C(N)C(C)C)C(=O)O. The normalized spacial score (nSPS) is 20.0. The molecule has 0 aromatic heterocycles. The smallest absolute Gasteiger partial charge is 0.326 e. The largest absolute Gasteiger partial charge is 0.480 e. The Hall–Kier alpha value is -2.16. The van der Waals surface area contributed by atoms with E-state index in [0.29, 0.717) is 25.8 Å². The first-order valence-corrected chi connectivity index (χ1v) is 9.85. The molecule has 9 heteroatoms. The Bertz CT molecular complexity index is 593. The van der Waals surface area contributed by atoms with Crippen LogP contribution in [0.15, 0.2) is 0 Å². The molecule has 1 aliphatic heterocycles. The van der Waals surface area contributed by atoms with Crippen molar-refractivity contribution in [3.63, 3.8) is 0 Å². The van der Waals surface area contributed by atoms with Crippen molar-refractivity contribution in [3.8, 4) is 0 Å². The molecule has 9 nitrogen and oxygen atoms in total. The lowest BCUT2D eigenvalue weighted by molar-refractivity contribution is -0.143. The van der Waals surface area contributed by atoms with Crippen LogP contribution in [0.25, 0.3) is 0 Å². The van der Waals surface area contributed by atoms with E-state index in [9.17, 15) is 24.3 Å². The molecule has 0 aromatic carbocycles. The fraction of sp³-hybridized carbons (Fsp3) is 0.789. The maximum absolute atomic E-state index is 12.6. The van der Waals surface area contributed by atoms with Crippen LogP contribution in [0.5, 0.6) is 0 Å². The summed E-state index contributed by atoms with van der Waals surface area (Å²) in [6.07, 6.45) is 1.48. The number of nitrogens with zero attached hydrogens (tertiary/aromatic N) is 1. The molecule has 5 N–H and O–H groups in total. The lowest BCUT2D eigenvalue weighted by atomic mass is 10.0. The van der Waals surface area contributed by atoms with Crippen molar-refractivity contribution >= 4 is 23.7 Å². The lowest BCUT2D eigenvalue weighted by Crippen LogP contribution is -2.56. The van der Waals surface area contributed by atoms with E-state index in [1.54, 1.807) is 0 Å². The maximum atomic E-state index is 12.6. The van der Waals surface area contributed by atoms with E-state index in [-0.39, 0.29) is 17.7 Å². The molecule has 3 amide bonds. The van der Waals surface area contributed by atoms with Crippen LogP contribution in [-0.2, 0) is 19.2 Å². The van der Waals surface area contributed by atoms with Gasteiger partial charge in [0.2, 0.25) is 17.7 Å². The zero-order valence-corrected chi connectivity index (χ0v) is 17.4. The van der Waals surface area contributed by atoms with Crippen molar-refractivity contribution in [3.05, 3.63) is 0 Å². The molecule has 1 aliphatic rings. The molecule has 4 atom stereocenters. The summed E-state index contributed by atoms with van der Waals surface area (Å²) in [6.45, 7) is 9.35. The Kier molecular flexibility index (Phi) is 8.87. The first-order valence-electron chi connectivity index (χ1n) is 9.85. The zero-order chi connectivity index (χ0) is 21.6. The first-order chi connectivity index (χ1) is 13.0. The predicted molar refractivity (Wildman–Crippen MR) is 104 cm³/mol. The van der Waals surface area contributed by atoms with Gasteiger partial charge in [-0.2, -0.15) is 0 Å². The molecule has 4 unspecified atom stereocenters. The van der Waals surface area contributed by atoms with E-state index in [1.165, 1.54) is 11.8 Å². The highest BCUT2D eigenvalue weighted by molar-refractivity contribution is 5.94. The summed E-state index contributed by atoms with van der Waals surface area (Å²) in [4.78, 5) is 50.2. The fourth-order valence-electron chi connectivity index (χ4n) is 3.14. The third kappa shape index (κ3) is 6.47. The average Bonchev–Trinajstić information content (AvgIpc) is 3.08. The molecule has 0 radical (unpaired) electrons. The molecule has 1 fully saturated rings. The Balaban J connectivity index is 2.70. The van der Waals surface area contributed by atoms with E-state index in [2.05, 4.69) is 10.6 Å². The number of hydrogen-bond acceptors (Lipinski definition) is 5. The molecule has 0 spiro atoms. The summed E-state index contributed by atoms with van der Waals surface area (Å²) in [5.41, 5.74) is 5.93. The number of carboxylic acid groups (broad SMARTS) is 1. The van der Waals surface area contributed by atoms with Crippen LogP contribution in [0.4, 0.5) is 0 Å². The second kappa shape index (κ2) is 10.4. The van der Waals surface area contributed by atoms with Crippen LogP contribution in [0, 0.1) is 11.8 Å². The molecule has 0 saturated carbocycles. The van der Waals surface area contributed by atoms with Crippen LogP contribution < -0.4 is 16.4 Å². The van der Waals surface area contributed by atoms with Gasteiger partial charge < -0.3 is 26.4 Å². The van der Waals surface area contributed by atoms with Crippen molar-refractivity contribution in [2.75, 3.05) is 6.54 Å². The average molecular weight is 399 g/mol. The van der Waals surface area contributed by atoms with Gasteiger partial charge >= 0.3 is 5.97 Å². The summed E-state index contributed by atoms with van der Waals surface area (Å²) < 4.78 is 0. The lowest BCUT2D eigenvalue weighted by Gasteiger charge is -2.29. The van der Waals surface area contributed by atoms with E-state index in [1.807, 2.05) is 27.7 Å². The molecule has 0 aliphatic carbocycles. The van der Waals surface area contributed by atoms with Crippen LogP contribution in [-0.4, -0.2) is 64.4 Å². The van der Waals surface area contributed by atoms with E-state index in [0.717, 1.165) is 0 Å². The maximum Gasteiger partial charge on any atom is 0.326 e. The second-order valence-electron chi connectivity index (χ2n) is 8.22. The number of hydrogen-bond donors (Lipinski definition) is 4. The molecule has 0 bridgehead atoms. The number of rotatable bonds is 9. The highest BCUT2D eigenvalue weighted by Crippen LogP contribution is 2.20. The standard InChI is InChI=1S/C19H34N4O5/c1-10(2)9-13(19(27)28)22-16(24)12(5)21-17(25)14-7-6-8-23(14)18(26)15(20)11(3)4/h10-15H,6-9,20H2,1-5H3,(H,21,25)(H,22,24)(H,27,28). The van der Waals surface area contributed by atoms with Gasteiger partial charge in [0.1, 0.15) is 18.1 Å². The topological polar surface area (TPSA) is 142 Å². The number of carbonyl (C=O) groups excluding carboxylic acids is 3. The van der Waals surface area contributed by atoms with Gasteiger partial charge in [0.05, 0.1) is 6.04 Å². The summed E-state index contributed by atoms with van der Waals surface area (Å²) in [5, 5.41) is 14.3. The number of nitrogens with one attached hydrogen (secondary N) is 2. The van der Waals surface area contributed by atoms with E-state index >= 15 is 0 Å². The van der Waals surface area contributed by atoms with Gasteiger partial charge in [0.15, 0.2) is 0 Å². The van der Waals surface area contributed by atoms with Gasteiger partial charge in [-0.05, 0) is 38.0 Å². The van der Waals surface area contributed by atoms with Crippen molar-refractivity contribution < 1.29 is 24.3 Å². The van der Waals surface area contributed by atoms with Gasteiger partial charge in [0.25, 0.3) is 0 Å². The zero-order valence-electron chi connectivity index (χ0n) is 17.4. The van der Waals surface area contributed by atoms with E-state index < -0.39 is 42.0 Å². The van der Waals surface area contributed by atoms with Gasteiger partial charge in [-0.1, -0.05) is 27.7 Å². The molecule has 1 heterocycles. The number of carbonyl (C=O) groups is 4. The number of likely N-dealkylation sites (tertiary alicyclic amines) is 1. The Labute approximate surface area is 166 Å². The summed E-state index contributed by atoms with van der Waals surface area (Å²) in [7, 11) is 0.